The number of likely N-dealkylation sites (N-methyl/N-ethyl adjacent to an activating group) is 1. The number of nitrogens with one attached hydrogen (secondary N) is 1. The third-order valence-corrected chi connectivity index (χ3v) is 9.87. The van der Waals surface area contributed by atoms with Gasteiger partial charge in [-0.3, -0.25) is 9.69 Å². The summed E-state index contributed by atoms with van der Waals surface area (Å²) < 4.78 is 34.1. The van der Waals surface area contributed by atoms with Crippen LogP contribution in [0.2, 0.25) is 0 Å². The summed E-state index contributed by atoms with van der Waals surface area (Å²) in [6, 6.07) is 4.61. The van der Waals surface area contributed by atoms with Crippen molar-refractivity contribution in [3.05, 3.63) is 45.8 Å². The summed E-state index contributed by atoms with van der Waals surface area (Å²) in [5.74, 6) is 0.0979. The number of nitrogens with zero attached hydrogens (tertiary/aromatic N) is 3. The van der Waals surface area contributed by atoms with E-state index in [0.29, 0.717) is 44.2 Å². The molecule has 1 unspecified atom stereocenters. The third kappa shape index (κ3) is 5.99. The molecule has 0 aliphatic carbocycles. The highest BCUT2D eigenvalue weighted by Gasteiger charge is 2.36. The van der Waals surface area contributed by atoms with Crippen LogP contribution in [0.4, 0.5) is 0 Å². The molecule has 4 rings (SSSR count). The molecule has 1 aromatic carbocycles. The average Bonchev–Trinajstić information content (AvgIpc) is 3.48. The maximum atomic E-state index is 13.6. The molecule has 3 heterocycles. The first kappa shape index (κ1) is 27.5. The van der Waals surface area contributed by atoms with Crippen LogP contribution in [0.1, 0.15) is 66.3 Å². The Morgan fingerprint density at radius 3 is 2.41 bits per heavy atom. The highest BCUT2D eigenvalue weighted by Crippen LogP contribution is 2.30. The highest BCUT2D eigenvalue weighted by atomic mass is 32.2. The Bertz CT molecular complexity index is 1240. The van der Waals surface area contributed by atoms with E-state index < -0.39 is 10.0 Å². The summed E-state index contributed by atoms with van der Waals surface area (Å²) in [6.45, 7) is 13.3. The minimum atomic E-state index is -3.81. The van der Waals surface area contributed by atoms with Crippen molar-refractivity contribution >= 4 is 28.1 Å². The van der Waals surface area contributed by atoms with E-state index in [1.807, 2.05) is 19.9 Å². The Morgan fingerprint density at radius 1 is 1.08 bits per heavy atom. The molecule has 1 atom stereocenters. The number of amides is 1. The topological polar surface area (TPSA) is 95.8 Å². The van der Waals surface area contributed by atoms with Gasteiger partial charge in [-0.25, -0.2) is 8.42 Å². The van der Waals surface area contributed by atoms with E-state index in [4.69, 9.17) is 4.52 Å². The van der Waals surface area contributed by atoms with Crippen LogP contribution < -0.4 is 5.32 Å². The number of rotatable bonds is 8. The summed E-state index contributed by atoms with van der Waals surface area (Å²) in [4.78, 5) is 15.3. The van der Waals surface area contributed by atoms with Crippen LogP contribution in [0, 0.1) is 33.6 Å². The number of piperidine rings is 1. The molecule has 8 nitrogen and oxygen atoms in total. The van der Waals surface area contributed by atoms with Crippen molar-refractivity contribution < 1.29 is 17.7 Å². The van der Waals surface area contributed by atoms with Crippen LogP contribution in [0.15, 0.2) is 21.6 Å². The molecule has 1 aromatic heterocycles. The van der Waals surface area contributed by atoms with Crippen molar-refractivity contribution in [1.29, 1.82) is 0 Å². The molecule has 2 saturated heterocycles. The zero-order chi connectivity index (χ0) is 26.7. The fourth-order valence-electron chi connectivity index (χ4n) is 5.80. The van der Waals surface area contributed by atoms with E-state index in [9.17, 15) is 13.2 Å². The van der Waals surface area contributed by atoms with Crippen LogP contribution in [-0.2, 0) is 14.8 Å². The first-order valence-corrected chi connectivity index (χ1v) is 14.8. The Hall–Kier alpha value is -2.49. The van der Waals surface area contributed by atoms with Crippen LogP contribution in [0.25, 0.3) is 12.2 Å². The van der Waals surface area contributed by atoms with E-state index >= 15 is 0 Å². The minimum Gasteiger partial charge on any atom is -0.355 e. The first-order valence-electron chi connectivity index (χ1n) is 13.4. The van der Waals surface area contributed by atoms with Crippen molar-refractivity contribution in [3.8, 4) is 0 Å². The maximum absolute atomic E-state index is 13.6. The lowest BCUT2D eigenvalue weighted by atomic mass is 9.97. The standard InChI is InChI=1S/C28H40N4O4S/c1-6-31-13-7-8-24(31)18-29-28(33)23-11-14-32(15-12-23)37(34,35)27-22(5)30-36-26(27)10-9-25-20(3)16-19(2)17-21(25)4/h9-10,16-17,23-24H,6-8,11-15,18H2,1-5H3,(H,29,33). The van der Waals surface area contributed by atoms with Crippen molar-refractivity contribution in [3.63, 3.8) is 0 Å². The lowest BCUT2D eigenvalue weighted by Gasteiger charge is -2.31. The van der Waals surface area contributed by atoms with Gasteiger partial charge in [0, 0.05) is 31.6 Å². The largest absolute Gasteiger partial charge is 0.355 e. The van der Waals surface area contributed by atoms with Gasteiger partial charge in [0.25, 0.3) is 0 Å². The van der Waals surface area contributed by atoms with Gasteiger partial charge >= 0.3 is 0 Å². The fourth-order valence-corrected chi connectivity index (χ4v) is 7.52. The molecule has 2 aromatic rings. The number of aromatic nitrogens is 1. The van der Waals surface area contributed by atoms with E-state index in [2.05, 4.69) is 41.4 Å². The molecule has 0 bridgehead atoms. The molecule has 2 fully saturated rings. The van der Waals surface area contributed by atoms with E-state index in [1.54, 1.807) is 13.0 Å². The van der Waals surface area contributed by atoms with Gasteiger partial charge < -0.3 is 9.84 Å². The summed E-state index contributed by atoms with van der Waals surface area (Å²) in [5.41, 5.74) is 4.79. The second-order valence-electron chi connectivity index (χ2n) is 10.5. The zero-order valence-electron chi connectivity index (χ0n) is 22.7. The Morgan fingerprint density at radius 2 is 1.76 bits per heavy atom. The van der Waals surface area contributed by atoms with Crippen LogP contribution in [-0.4, -0.2) is 67.5 Å². The monoisotopic (exact) mass is 528 g/mol. The molecule has 202 valence electrons. The van der Waals surface area contributed by atoms with Crippen molar-refractivity contribution in [2.45, 2.75) is 71.2 Å². The van der Waals surface area contributed by atoms with Crippen molar-refractivity contribution in [1.82, 2.24) is 19.7 Å². The summed E-state index contributed by atoms with van der Waals surface area (Å²) in [5, 5.41) is 7.09. The minimum absolute atomic E-state index is 0.0358. The van der Waals surface area contributed by atoms with Gasteiger partial charge in [-0.15, -0.1) is 0 Å². The normalized spacial score (nSPS) is 20.2. The maximum Gasteiger partial charge on any atom is 0.248 e. The van der Waals surface area contributed by atoms with Crippen LogP contribution >= 0.6 is 0 Å². The molecular formula is C28H40N4O4S. The van der Waals surface area contributed by atoms with Crippen molar-refractivity contribution in [2.24, 2.45) is 5.92 Å². The number of aryl methyl sites for hydroxylation is 4. The zero-order valence-corrected chi connectivity index (χ0v) is 23.5. The molecule has 9 heteroatoms. The summed E-state index contributed by atoms with van der Waals surface area (Å²) >= 11 is 0. The Balaban J connectivity index is 1.42. The van der Waals surface area contributed by atoms with Crippen LogP contribution in [0.3, 0.4) is 0 Å². The number of carbonyl (C=O) groups excluding carboxylic acids is 1. The fraction of sp³-hybridized carbons (Fsp3) is 0.571. The molecule has 0 saturated carbocycles. The van der Waals surface area contributed by atoms with Gasteiger partial charge in [-0.1, -0.05) is 35.9 Å². The molecule has 1 amide bonds. The van der Waals surface area contributed by atoms with E-state index in [0.717, 1.165) is 36.2 Å². The Kier molecular flexibility index (Phi) is 8.56. The number of hydrogen-bond acceptors (Lipinski definition) is 6. The first-order chi connectivity index (χ1) is 17.6. The number of carbonyl (C=O) groups is 1. The highest BCUT2D eigenvalue weighted by molar-refractivity contribution is 7.89. The van der Waals surface area contributed by atoms with Gasteiger partial charge in [0.05, 0.1) is 0 Å². The summed E-state index contributed by atoms with van der Waals surface area (Å²) in [7, 11) is -3.81. The van der Waals surface area contributed by atoms with E-state index in [-0.39, 0.29) is 22.5 Å². The average molecular weight is 529 g/mol. The molecule has 37 heavy (non-hydrogen) atoms. The second kappa shape index (κ2) is 11.5. The van der Waals surface area contributed by atoms with Gasteiger partial charge in [0.1, 0.15) is 5.69 Å². The van der Waals surface area contributed by atoms with Crippen molar-refractivity contribution in [2.75, 3.05) is 32.7 Å². The molecule has 2 aliphatic heterocycles. The van der Waals surface area contributed by atoms with Gasteiger partial charge in [-0.05, 0) is 89.2 Å². The molecule has 2 aliphatic rings. The molecule has 0 spiro atoms. The number of likely N-dealkylation sites (tertiary alicyclic amines) is 1. The van der Waals surface area contributed by atoms with Gasteiger partial charge in [-0.2, -0.15) is 4.31 Å². The molecular weight excluding hydrogens is 488 g/mol. The quantitative estimate of drug-likeness (QED) is 0.555. The van der Waals surface area contributed by atoms with Gasteiger partial charge in [0.2, 0.25) is 15.9 Å². The third-order valence-electron chi connectivity index (χ3n) is 7.81. The second-order valence-corrected chi connectivity index (χ2v) is 12.3. The molecule has 0 radical (unpaired) electrons. The number of hydrogen-bond donors (Lipinski definition) is 1. The molecule has 1 N–H and O–H groups in total. The lowest BCUT2D eigenvalue weighted by molar-refractivity contribution is -0.126. The number of benzene rings is 1. The van der Waals surface area contributed by atoms with Crippen LogP contribution in [0.5, 0.6) is 0 Å². The van der Waals surface area contributed by atoms with E-state index in [1.165, 1.54) is 16.3 Å². The predicted molar refractivity (Wildman–Crippen MR) is 146 cm³/mol. The Labute approximate surface area is 221 Å². The SMILES string of the molecule is CCN1CCCC1CNC(=O)C1CCN(S(=O)(=O)c2c(C)noc2C=Cc2c(C)cc(C)cc2C)CC1. The summed E-state index contributed by atoms with van der Waals surface area (Å²) in [6.07, 6.45) is 6.88. The smallest absolute Gasteiger partial charge is 0.248 e. The lowest BCUT2D eigenvalue weighted by Crippen LogP contribution is -2.46. The van der Waals surface area contributed by atoms with Gasteiger partial charge in [0.15, 0.2) is 10.7 Å². The number of sulfonamides is 1. The predicted octanol–water partition coefficient (Wildman–Crippen LogP) is 4.08.